The van der Waals surface area contributed by atoms with Crippen LogP contribution in [-0.4, -0.2) is 18.6 Å². The lowest BCUT2D eigenvalue weighted by atomic mass is 9.95. The van der Waals surface area contributed by atoms with E-state index in [4.69, 9.17) is 9.47 Å². The molecule has 0 radical (unpaired) electrons. The molecule has 3 aromatic rings. The number of benzene rings is 3. The molecule has 6 heteroatoms. The number of hydrogen-bond acceptors (Lipinski definition) is 4. The average molecular weight is 443 g/mol. The van der Waals surface area contributed by atoms with Gasteiger partial charge in [0.1, 0.15) is 12.4 Å². The first-order chi connectivity index (χ1) is 16.1. The molecular formula is C27H26N2O4. The third-order valence-corrected chi connectivity index (χ3v) is 5.42. The summed E-state index contributed by atoms with van der Waals surface area (Å²) >= 11 is 0. The molecule has 33 heavy (non-hydrogen) atoms. The second-order valence-corrected chi connectivity index (χ2v) is 7.78. The zero-order valence-electron chi connectivity index (χ0n) is 18.4. The zero-order chi connectivity index (χ0) is 23.0. The van der Waals surface area contributed by atoms with Gasteiger partial charge in [0.05, 0.1) is 18.2 Å². The van der Waals surface area contributed by atoms with Gasteiger partial charge < -0.3 is 20.1 Å². The van der Waals surface area contributed by atoms with Crippen LogP contribution in [0.5, 0.6) is 5.75 Å². The average Bonchev–Trinajstić information content (AvgIpc) is 2.84. The Labute approximate surface area is 193 Å². The molecular weight excluding hydrogens is 416 g/mol. The summed E-state index contributed by atoms with van der Waals surface area (Å²) in [5.74, 6) is 0.251. The summed E-state index contributed by atoms with van der Waals surface area (Å²) in [7, 11) is 0. The quantitative estimate of drug-likeness (QED) is 0.497. The van der Waals surface area contributed by atoms with Gasteiger partial charge in [-0.2, -0.15) is 0 Å². The van der Waals surface area contributed by atoms with Crippen LogP contribution in [0.2, 0.25) is 0 Å². The molecule has 2 N–H and O–H groups in total. The van der Waals surface area contributed by atoms with Gasteiger partial charge in [0.2, 0.25) is 0 Å². The summed E-state index contributed by atoms with van der Waals surface area (Å²) in [6, 6.07) is 26.1. The van der Waals surface area contributed by atoms with E-state index in [1.54, 1.807) is 6.92 Å². The maximum Gasteiger partial charge on any atom is 0.338 e. The van der Waals surface area contributed by atoms with Gasteiger partial charge in [0, 0.05) is 12.1 Å². The Morgan fingerprint density at radius 1 is 0.879 bits per heavy atom. The Hall–Kier alpha value is -4.06. The molecule has 0 aromatic heterocycles. The van der Waals surface area contributed by atoms with E-state index in [0.717, 1.165) is 16.7 Å². The molecule has 168 valence electrons. The van der Waals surface area contributed by atoms with Gasteiger partial charge in [0.25, 0.3) is 0 Å². The van der Waals surface area contributed by atoms with Crippen molar-refractivity contribution in [1.29, 1.82) is 0 Å². The van der Waals surface area contributed by atoms with Crippen molar-refractivity contribution in [1.82, 2.24) is 10.6 Å². The minimum atomic E-state index is -0.605. The maximum absolute atomic E-state index is 12.9. The second kappa shape index (κ2) is 10.5. The number of nitrogens with one attached hydrogen (secondary N) is 2. The Morgan fingerprint density at radius 2 is 1.52 bits per heavy atom. The van der Waals surface area contributed by atoms with Crippen LogP contribution in [0.3, 0.4) is 0 Å². The van der Waals surface area contributed by atoms with Gasteiger partial charge in [-0.3, -0.25) is 0 Å². The summed E-state index contributed by atoms with van der Waals surface area (Å²) in [5, 5.41) is 5.50. The zero-order valence-corrected chi connectivity index (χ0v) is 18.4. The molecule has 3 aromatic carbocycles. The SMILES string of the molecule is CC1=C(C(=O)OCCc2ccccc2)[C@@H](c2ccc(OCc3ccccc3)cc2)NC(=O)N1. The van der Waals surface area contributed by atoms with E-state index in [1.165, 1.54) is 0 Å². The van der Waals surface area contributed by atoms with Gasteiger partial charge in [0.15, 0.2) is 0 Å². The Morgan fingerprint density at radius 3 is 2.18 bits per heavy atom. The Balaban J connectivity index is 1.43. The van der Waals surface area contributed by atoms with Crippen molar-refractivity contribution in [3.63, 3.8) is 0 Å². The van der Waals surface area contributed by atoms with Gasteiger partial charge in [-0.25, -0.2) is 9.59 Å². The summed E-state index contributed by atoms with van der Waals surface area (Å²) in [4.78, 5) is 25.0. The van der Waals surface area contributed by atoms with Gasteiger partial charge >= 0.3 is 12.0 Å². The number of ether oxygens (including phenoxy) is 2. The Bertz CT molecular complexity index is 1130. The first kappa shape index (κ1) is 22.1. The lowest BCUT2D eigenvalue weighted by Gasteiger charge is -2.28. The molecule has 0 saturated heterocycles. The van der Waals surface area contributed by atoms with Crippen LogP contribution in [0.4, 0.5) is 4.79 Å². The predicted molar refractivity (Wildman–Crippen MR) is 125 cm³/mol. The molecule has 1 atom stereocenters. The third-order valence-electron chi connectivity index (χ3n) is 5.42. The van der Waals surface area contributed by atoms with Crippen LogP contribution in [0.15, 0.2) is 96.2 Å². The second-order valence-electron chi connectivity index (χ2n) is 7.78. The summed E-state index contributed by atoms with van der Waals surface area (Å²) < 4.78 is 11.4. The van der Waals surface area contributed by atoms with Crippen LogP contribution in [0.1, 0.15) is 29.7 Å². The van der Waals surface area contributed by atoms with Crippen LogP contribution in [-0.2, 0) is 22.6 Å². The monoisotopic (exact) mass is 442 g/mol. The molecule has 0 fully saturated rings. The Kier molecular flexibility index (Phi) is 7.05. The van der Waals surface area contributed by atoms with Crippen molar-refractivity contribution in [2.75, 3.05) is 6.61 Å². The van der Waals surface area contributed by atoms with Crippen LogP contribution < -0.4 is 15.4 Å². The number of carbonyl (C=O) groups is 2. The number of rotatable bonds is 8. The van der Waals surface area contributed by atoms with Crippen LogP contribution in [0, 0.1) is 0 Å². The first-order valence-corrected chi connectivity index (χ1v) is 10.9. The highest BCUT2D eigenvalue weighted by atomic mass is 16.5. The molecule has 0 spiro atoms. The highest BCUT2D eigenvalue weighted by Gasteiger charge is 2.32. The summed E-state index contributed by atoms with van der Waals surface area (Å²) in [5.41, 5.74) is 3.81. The molecule has 1 heterocycles. The smallest absolute Gasteiger partial charge is 0.338 e. The molecule has 6 nitrogen and oxygen atoms in total. The number of allylic oxidation sites excluding steroid dienone is 1. The molecule has 0 aliphatic carbocycles. The van der Waals surface area contributed by atoms with Crippen molar-refractivity contribution in [2.24, 2.45) is 0 Å². The molecule has 1 aliphatic heterocycles. The molecule has 0 bridgehead atoms. The van der Waals surface area contributed by atoms with Crippen molar-refractivity contribution in [3.8, 4) is 5.75 Å². The lowest BCUT2D eigenvalue weighted by molar-refractivity contribution is -0.139. The standard InChI is InChI=1S/C27H26N2O4/c1-19-24(26(30)32-17-16-20-8-4-2-5-9-20)25(29-27(31)28-19)22-12-14-23(15-13-22)33-18-21-10-6-3-7-11-21/h2-15,25H,16-18H2,1H3,(H2,28,29,31)/t25-/m1/s1. The van der Waals surface area contributed by atoms with E-state index < -0.39 is 12.0 Å². The van der Waals surface area contributed by atoms with Crippen molar-refractivity contribution in [3.05, 3.63) is 113 Å². The summed E-state index contributed by atoms with van der Waals surface area (Å²) in [6.45, 7) is 2.42. The van der Waals surface area contributed by atoms with Gasteiger partial charge in [-0.1, -0.05) is 72.8 Å². The van der Waals surface area contributed by atoms with E-state index in [2.05, 4.69) is 10.6 Å². The number of amides is 2. The molecule has 1 aliphatic rings. The fraction of sp³-hybridized carbons (Fsp3) is 0.185. The minimum Gasteiger partial charge on any atom is -0.489 e. The third kappa shape index (κ3) is 5.80. The highest BCUT2D eigenvalue weighted by molar-refractivity contribution is 5.95. The number of urea groups is 1. The molecule has 0 unspecified atom stereocenters. The lowest BCUT2D eigenvalue weighted by Crippen LogP contribution is -2.45. The number of esters is 1. The van der Waals surface area contributed by atoms with Gasteiger partial charge in [-0.05, 0) is 35.7 Å². The fourth-order valence-corrected chi connectivity index (χ4v) is 3.70. The number of hydrogen-bond donors (Lipinski definition) is 2. The van der Waals surface area contributed by atoms with E-state index in [0.29, 0.717) is 30.0 Å². The molecule has 0 saturated carbocycles. The topological polar surface area (TPSA) is 76.7 Å². The number of carbonyl (C=O) groups excluding carboxylic acids is 2. The summed E-state index contributed by atoms with van der Waals surface area (Å²) in [6.07, 6.45) is 0.622. The fourth-order valence-electron chi connectivity index (χ4n) is 3.70. The van der Waals surface area contributed by atoms with E-state index in [9.17, 15) is 9.59 Å². The van der Waals surface area contributed by atoms with E-state index >= 15 is 0 Å². The highest BCUT2D eigenvalue weighted by Crippen LogP contribution is 2.29. The first-order valence-electron chi connectivity index (χ1n) is 10.9. The van der Waals surface area contributed by atoms with Crippen LogP contribution >= 0.6 is 0 Å². The van der Waals surface area contributed by atoms with Crippen molar-refractivity contribution in [2.45, 2.75) is 26.0 Å². The van der Waals surface area contributed by atoms with Crippen molar-refractivity contribution < 1.29 is 19.1 Å². The van der Waals surface area contributed by atoms with E-state index in [1.807, 2.05) is 84.9 Å². The molecule has 2 amide bonds. The largest absolute Gasteiger partial charge is 0.489 e. The van der Waals surface area contributed by atoms with Gasteiger partial charge in [-0.15, -0.1) is 0 Å². The molecule has 4 rings (SSSR count). The maximum atomic E-state index is 12.9. The normalized spacial score (nSPS) is 15.4. The minimum absolute atomic E-state index is 0.257. The predicted octanol–water partition coefficient (Wildman–Crippen LogP) is 4.68. The van der Waals surface area contributed by atoms with Crippen LogP contribution in [0.25, 0.3) is 0 Å². The van der Waals surface area contributed by atoms with Crippen molar-refractivity contribution >= 4 is 12.0 Å². The van der Waals surface area contributed by atoms with E-state index in [-0.39, 0.29) is 12.6 Å².